The number of nitrogens with zero attached hydrogens (tertiary/aromatic N) is 1. The first-order chi connectivity index (χ1) is 14.8. The molecule has 30 heavy (non-hydrogen) atoms. The Morgan fingerprint density at radius 1 is 0.900 bits per heavy atom. The molecular formula is C25H23N3OS. The number of hydrogen-bond acceptors (Lipinski definition) is 4. The third kappa shape index (κ3) is 5.41. The monoisotopic (exact) mass is 413 g/mol. The fraction of sp³-hybridized carbons (Fsp3) is 0.120. The molecule has 0 radical (unpaired) electrons. The zero-order chi connectivity index (χ0) is 20.6. The summed E-state index contributed by atoms with van der Waals surface area (Å²) in [5.74, 6) is -0.0562. The molecule has 150 valence electrons. The number of benzene rings is 3. The molecule has 0 saturated carbocycles. The molecule has 5 heteroatoms. The summed E-state index contributed by atoms with van der Waals surface area (Å²) in [5.41, 5.74) is 6.84. The SMILES string of the molecule is O=C(Nc1cccc(-c2ccccc2)c1)[C@H](Cc1ccccc1)NCc1cscn1. The van der Waals surface area contributed by atoms with Crippen LogP contribution in [0.5, 0.6) is 0 Å². The van der Waals surface area contributed by atoms with Gasteiger partial charge in [0, 0.05) is 17.6 Å². The second kappa shape index (κ2) is 9.96. The van der Waals surface area contributed by atoms with E-state index in [4.69, 9.17) is 0 Å². The van der Waals surface area contributed by atoms with Crippen LogP contribution in [0, 0.1) is 0 Å². The summed E-state index contributed by atoms with van der Waals surface area (Å²) in [6.45, 7) is 0.554. The Balaban J connectivity index is 1.49. The van der Waals surface area contributed by atoms with Crippen LogP contribution in [-0.4, -0.2) is 16.9 Å². The van der Waals surface area contributed by atoms with Gasteiger partial charge in [-0.3, -0.25) is 10.1 Å². The number of hydrogen-bond donors (Lipinski definition) is 2. The second-order valence-electron chi connectivity index (χ2n) is 7.04. The standard InChI is InChI=1S/C25H23N3OS/c29-25(28-22-13-7-12-21(15-22)20-10-5-2-6-11-20)24(14-19-8-3-1-4-9-19)26-16-23-17-30-18-27-23/h1-13,15,17-18,24,26H,14,16H2,(H,28,29)/t24-/m0/s1. The molecule has 0 aliphatic rings. The largest absolute Gasteiger partial charge is 0.325 e. The van der Waals surface area contributed by atoms with Gasteiger partial charge in [-0.25, -0.2) is 4.98 Å². The van der Waals surface area contributed by atoms with Crippen LogP contribution in [0.15, 0.2) is 95.8 Å². The highest BCUT2D eigenvalue weighted by Crippen LogP contribution is 2.22. The first kappa shape index (κ1) is 20.0. The molecule has 1 heterocycles. The number of carbonyl (C=O) groups excluding carboxylic acids is 1. The predicted octanol–water partition coefficient (Wildman–Crippen LogP) is 5.15. The first-order valence-electron chi connectivity index (χ1n) is 9.89. The average Bonchev–Trinajstić information content (AvgIpc) is 3.32. The molecule has 4 aromatic rings. The maximum atomic E-state index is 13.1. The Morgan fingerprint density at radius 2 is 1.63 bits per heavy atom. The van der Waals surface area contributed by atoms with E-state index in [1.807, 2.05) is 78.2 Å². The average molecular weight is 414 g/mol. The molecular weight excluding hydrogens is 390 g/mol. The van der Waals surface area contributed by atoms with Crippen molar-refractivity contribution < 1.29 is 4.79 Å². The summed E-state index contributed by atoms with van der Waals surface area (Å²) < 4.78 is 0. The molecule has 0 spiro atoms. The molecule has 0 saturated heterocycles. The van der Waals surface area contributed by atoms with E-state index in [1.54, 1.807) is 16.8 Å². The Morgan fingerprint density at radius 3 is 2.37 bits per heavy atom. The van der Waals surface area contributed by atoms with Gasteiger partial charge in [-0.05, 0) is 35.2 Å². The predicted molar refractivity (Wildman–Crippen MR) is 123 cm³/mol. The fourth-order valence-corrected chi connectivity index (χ4v) is 3.85. The van der Waals surface area contributed by atoms with Gasteiger partial charge >= 0.3 is 0 Å². The Hall–Kier alpha value is -3.28. The van der Waals surface area contributed by atoms with Crippen LogP contribution in [0.3, 0.4) is 0 Å². The normalized spacial score (nSPS) is 11.7. The van der Waals surface area contributed by atoms with Crippen molar-refractivity contribution in [3.05, 3.63) is 107 Å². The van der Waals surface area contributed by atoms with E-state index in [0.29, 0.717) is 13.0 Å². The molecule has 1 aromatic heterocycles. The third-order valence-electron chi connectivity index (χ3n) is 4.85. The van der Waals surface area contributed by atoms with Gasteiger partial charge in [0.2, 0.25) is 5.91 Å². The van der Waals surface area contributed by atoms with Crippen LogP contribution >= 0.6 is 11.3 Å². The van der Waals surface area contributed by atoms with E-state index in [2.05, 4.69) is 27.8 Å². The number of anilines is 1. The van der Waals surface area contributed by atoms with E-state index in [9.17, 15) is 4.79 Å². The lowest BCUT2D eigenvalue weighted by Crippen LogP contribution is -2.41. The Bertz CT molecular complexity index is 1070. The van der Waals surface area contributed by atoms with Gasteiger partial charge in [0.1, 0.15) is 0 Å². The second-order valence-corrected chi connectivity index (χ2v) is 7.76. The van der Waals surface area contributed by atoms with Crippen molar-refractivity contribution in [1.29, 1.82) is 0 Å². The van der Waals surface area contributed by atoms with Gasteiger partial charge in [-0.2, -0.15) is 0 Å². The van der Waals surface area contributed by atoms with Gasteiger partial charge in [0.15, 0.2) is 0 Å². The zero-order valence-electron chi connectivity index (χ0n) is 16.5. The zero-order valence-corrected chi connectivity index (χ0v) is 17.3. The van der Waals surface area contributed by atoms with Gasteiger partial charge in [-0.1, -0.05) is 72.8 Å². The van der Waals surface area contributed by atoms with E-state index in [0.717, 1.165) is 28.1 Å². The third-order valence-corrected chi connectivity index (χ3v) is 5.48. The maximum absolute atomic E-state index is 13.1. The van der Waals surface area contributed by atoms with E-state index >= 15 is 0 Å². The molecule has 0 unspecified atom stereocenters. The topological polar surface area (TPSA) is 54.0 Å². The van der Waals surface area contributed by atoms with Gasteiger partial charge < -0.3 is 5.32 Å². The van der Waals surface area contributed by atoms with Crippen molar-refractivity contribution in [3.63, 3.8) is 0 Å². The minimum absolute atomic E-state index is 0.0562. The highest BCUT2D eigenvalue weighted by Gasteiger charge is 2.19. The Labute approximate surface area is 180 Å². The lowest BCUT2D eigenvalue weighted by Gasteiger charge is -2.18. The molecule has 4 nitrogen and oxygen atoms in total. The van der Waals surface area contributed by atoms with Crippen LogP contribution in [0.4, 0.5) is 5.69 Å². The summed E-state index contributed by atoms with van der Waals surface area (Å²) >= 11 is 1.55. The quantitative estimate of drug-likeness (QED) is 0.420. The summed E-state index contributed by atoms with van der Waals surface area (Å²) in [6, 6.07) is 27.8. The number of amides is 1. The van der Waals surface area contributed by atoms with Crippen molar-refractivity contribution in [2.24, 2.45) is 0 Å². The minimum Gasteiger partial charge on any atom is -0.325 e. The summed E-state index contributed by atoms with van der Waals surface area (Å²) in [6.07, 6.45) is 0.606. The van der Waals surface area contributed by atoms with Crippen molar-refractivity contribution in [3.8, 4) is 11.1 Å². The molecule has 1 atom stereocenters. The summed E-state index contributed by atoms with van der Waals surface area (Å²) in [7, 11) is 0. The number of rotatable bonds is 8. The summed E-state index contributed by atoms with van der Waals surface area (Å²) in [5, 5.41) is 8.45. The van der Waals surface area contributed by atoms with Crippen LogP contribution in [-0.2, 0) is 17.8 Å². The molecule has 3 aromatic carbocycles. The molecule has 4 rings (SSSR count). The molecule has 0 aliphatic heterocycles. The minimum atomic E-state index is -0.366. The van der Waals surface area contributed by atoms with E-state index in [-0.39, 0.29) is 11.9 Å². The highest BCUT2D eigenvalue weighted by atomic mass is 32.1. The van der Waals surface area contributed by atoms with Crippen LogP contribution in [0.25, 0.3) is 11.1 Å². The van der Waals surface area contributed by atoms with Crippen molar-refractivity contribution in [1.82, 2.24) is 10.3 Å². The highest BCUT2D eigenvalue weighted by molar-refractivity contribution is 7.07. The van der Waals surface area contributed by atoms with Crippen molar-refractivity contribution in [2.45, 2.75) is 19.0 Å². The molecule has 0 bridgehead atoms. The van der Waals surface area contributed by atoms with Gasteiger partial charge in [-0.15, -0.1) is 11.3 Å². The van der Waals surface area contributed by atoms with Crippen molar-refractivity contribution in [2.75, 3.05) is 5.32 Å². The molecule has 0 fully saturated rings. The van der Waals surface area contributed by atoms with Gasteiger partial charge in [0.25, 0.3) is 0 Å². The molecule has 0 aliphatic carbocycles. The smallest absolute Gasteiger partial charge is 0.241 e. The first-order valence-corrected chi connectivity index (χ1v) is 10.8. The number of thiazole rings is 1. The van der Waals surface area contributed by atoms with Crippen LogP contribution < -0.4 is 10.6 Å². The van der Waals surface area contributed by atoms with Crippen LogP contribution in [0.1, 0.15) is 11.3 Å². The number of nitrogens with one attached hydrogen (secondary N) is 2. The maximum Gasteiger partial charge on any atom is 0.241 e. The Kier molecular flexibility index (Phi) is 6.65. The lowest BCUT2D eigenvalue weighted by atomic mass is 10.0. The van der Waals surface area contributed by atoms with E-state index in [1.165, 1.54) is 0 Å². The molecule has 1 amide bonds. The number of carbonyl (C=O) groups is 1. The van der Waals surface area contributed by atoms with Gasteiger partial charge in [0.05, 0.1) is 17.2 Å². The van der Waals surface area contributed by atoms with Crippen molar-refractivity contribution >= 4 is 22.9 Å². The fourth-order valence-electron chi connectivity index (χ4n) is 3.30. The number of aromatic nitrogens is 1. The summed E-state index contributed by atoms with van der Waals surface area (Å²) in [4.78, 5) is 17.4. The van der Waals surface area contributed by atoms with E-state index < -0.39 is 0 Å². The molecule has 2 N–H and O–H groups in total. The lowest BCUT2D eigenvalue weighted by molar-refractivity contribution is -0.118. The van der Waals surface area contributed by atoms with Crippen LogP contribution in [0.2, 0.25) is 0 Å².